The minimum Gasteiger partial charge on any atom is -0.497 e. The van der Waals surface area contributed by atoms with Crippen LogP contribution < -0.4 is 4.74 Å². The number of methoxy groups -OCH3 is 1. The van der Waals surface area contributed by atoms with E-state index in [2.05, 4.69) is 34.6 Å². The average Bonchev–Trinajstić information content (AvgIpc) is 2.78. The van der Waals surface area contributed by atoms with Crippen molar-refractivity contribution >= 4 is 0 Å². The van der Waals surface area contributed by atoms with Gasteiger partial charge in [0.05, 0.1) is 12.7 Å². The summed E-state index contributed by atoms with van der Waals surface area (Å²) >= 11 is 0. The zero-order valence-corrected chi connectivity index (χ0v) is 19.8. The zero-order valence-electron chi connectivity index (χ0n) is 19.8. The number of benzene rings is 3. The average molecular weight is 459 g/mol. The molecule has 0 aromatic heterocycles. The van der Waals surface area contributed by atoms with Crippen LogP contribution in [0, 0.1) is 5.82 Å². The maximum Gasteiger partial charge on any atom is 0.416 e. The van der Waals surface area contributed by atoms with Crippen molar-refractivity contribution in [2.45, 2.75) is 57.0 Å². The molecule has 0 aliphatic heterocycles. The van der Waals surface area contributed by atoms with Gasteiger partial charge in [0.15, 0.2) is 0 Å². The van der Waals surface area contributed by atoms with Gasteiger partial charge in [-0.2, -0.15) is 13.2 Å². The van der Waals surface area contributed by atoms with E-state index in [4.69, 9.17) is 4.74 Å². The van der Waals surface area contributed by atoms with Crippen LogP contribution in [0.5, 0.6) is 5.75 Å². The van der Waals surface area contributed by atoms with Crippen molar-refractivity contribution in [1.82, 2.24) is 0 Å². The highest BCUT2D eigenvalue weighted by Gasteiger charge is 2.54. The van der Waals surface area contributed by atoms with Crippen LogP contribution in [0.1, 0.15) is 56.9 Å². The molecule has 0 spiro atoms. The number of hydrogen-bond acceptors (Lipinski definition) is 1. The monoisotopic (exact) mass is 458 g/mol. The molecular formula is C28H30F4O. The minimum absolute atomic E-state index is 0.333. The summed E-state index contributed by atoms with van der Waals surface area (Å²) in [7, 11) is 1.60. The van der Waals surface area contributed by atoms with E-state index in [9.17, 15) is 17.6 Å². The molecule has 176 valence electrons. The fourth-order valence-electron chi connectivity index (χ4n) is 4.95. The van der Waals surface area contributed by atoms with Gasteiger partial charge in [0.1, 0.15) is 11.6 Å². The van der Waals surface area contributed by atoms with E-state index in [1.54, 1.807) is 31.4 Å². The van der Waals surface area contributed by atoms with Crippen LogP contribution in [0.25, 0.3) is 0 Å². The zero-order chi connectivity index (χ0) is 24.7. The largest absolute Gasteiger partial charge is 0.497 e. The Morgan fingerprint density at radius 3 is 1.30 bits per heavy atom. The van der Waals surface area contributed by atoms with Gasteiger partial charge in [-0.3, -0.25) is 0 Å². The number of alkyl halides is 3. The number of hydrogen-bond donors (Lipinski definition) is 0. The lowest BCUT2D eigenvalue weighted by molar-refractivity contribution is -0.137. The molecule has 0 aliphatic carbocycles. The van der Waals surface area contributed by atoms with Gasteiger partial charge in [-0.15, -0.1) is 0 Å². The van der Waals surface area contributed by atoms with Crippen LogP contribution in [-0.2, 0) is 22.4 Å². The Labute approximate surface area is 193 Å². The third-order valence-electron chi connectivity index (χ3n) is 7.67. The van der Waals surface area contributed by atoms with E-state index in [1.807, 2.05) is 24.3 Å². The maximum atomic E-state index is 13.7. The molecule has 1 atom stereocenters. The molecule has 0 N–H and O–H groups in total. The molecule has 3 rings (SSSR count). The van der Waals surface area contributed by atoms with E-state index in [-0.39, 0.29) is 5.82 Å². The summed E-state index contributed by atoms with van der Waals surface area (Å²) in [6.45, 7) is 10.4. The highest BCUT2D eigenvalue weighted by atomic mass is 19.4. The van der Waals surface area contributed by atoms with Crippen molar-refractivity contribution in [2.75, 3.05) is 7.11 Å². The number of ether oxygens (including phenoxy) is 1. The van der Waals surface area contributed by atoms with Crippen molar-refractivity contribution in [3.8, 4) is 5.75 Å². The lowest BCUT2D eigenvalue weighted by atomic mass is 9.48. The third kappa shape index (κ3) is 4.25. The molecule has 5 heteroatoms. The van der Waals surface area contributed by atoms with Crippen molar-refractivity contribution < 1.29 is 22.3 Å². The Hall–Kier alpha value is -2.82. The number of rotatable bonds is 6. The first-order chi connectivity index (χ1) is 15.2. The smallest absolute Gasteiger partial charge is 0.416 e. The Morgan fingerprint density at radius 2 is 0.909 bits per heavy atom. The molecule has 0 aliphatic rings. The van der Waals surface area contributed by atoms with Gasteiger partial charge < -0.3 is 4.74 Å². The molecule has 0 radical (unpaired) electrons. The summed E-state index contributed by atoms with van der Waals surface area (Å²) in [4.78, 5) is 0. The summed E-state index contributed by atoms with van der Waals surface area (Å²) in [6.07, 6.45) is -4.41. The van der Waals surface area contributed by atoms with E-state index < -0.39 is 28.0 Å². The SMILES string of the molecule is COc1ccc(C(C)(C)C(C)(c2ccc(C(F)(F)F)cc2)C(C)(C)c2ccc(F)cc2)cc1. The van der Waals surface area contributed by atoms with E-state index in [0.717, 1.165) is 34.6 Å². The van der Waals surface area contributed by atoms with Crippen LogP contribution in [0.15, 0.2) is 72.8 Å². The third-order valence-corrected chi connectivity index (χ3v) is 7.67. The fraction of sp³-hybridized carbons (Fsp3) is 0.357. The van der Waals surface area contributed by atoms with Gasteiger partial charge in [-0.05, 0) is 63.9 Å². The van der Waals surface area contributed by atoms with Crippen LogP contribution in [0.2, 0.25) is 0 Å². The lowest BCUT2D eigenvalue weighted by Crippen LogP contribution is -2.55. The van der Waals surface area contributed by atoms with Gasteiger partial charge in [0.2, 0.25) is 0 Å². The molecule has 0 fully saturated rings. The van der Waals surface area contributed by atoms with Crippen LogP contribution in [-0.4, -0.2) is 7.11 Å². The molecule has 3 aromatic carbocycles. The summed E-state index contributed by atoms with van der Waals surface area (Å²) in [5.41, 5.74) is 0.201. The predicted molar refractivity (Wildman–Crippen MR) is 124 cm³/mol. The van der Waals surface area contributed by atoms with Gasteiger partial charge in [0, 0.05) is 5.41 Å². The molecule has 0 saturated heterocycles. The van der Waals surface area contributed by atoms with Crippen LogP contribution in [0.4, 0.5) is 17.6 Å². The van der Waals surface area contributed by atoms with Crippen molar-refractivity contribution in [3.05, 3.63) is 101 Å². The molecule has 0 saturated carbocycles. The Morgan fingerprint density at radius 1 is 0.545 bits per heavy atom. The van der Waals surface area contributed by atoms with Crippen molar-refractivity contribution in [3.63, 3.8) is 0 Å². The summed E-state index contributed by atoms with van der Waals surface area (Å²) in [5, 5.41) is 0. The first-order valence-electron chi connectivity index (χ1n) is 10.8. The molecule has 33 heavy (non-hydrogen) atoms. The highest BCUT2D eigenvalue weighted by molar-refractivity contribution is 5.46. The van der Waals surface area contributed by atoms with Crippen LogP contribution >= 0.6 is 0 Å². The number of halogens is 4. The van der Waals surface area contributed by atoms with E-state index >= 15 is 0 Å². The molecule has 0 bridgehead atoms. The van der Waals surface area contributed by atoms with Gasteiger partial charge in [0.25, 0.3) is 0 Å². The van der Waals surface area contributed by atoms with Crippen LogP contribution in [0.3, 0.4) is 0 Å². The Balaban J connectivity index is 2.26. The Bertz CT molecular complexity index is 1080. The second-order valence-electron chi connectivity index (χ2n) is 9.69. The summed E-state index contributed by atoms with van der Waals surface area (Å²) < 4.78 is 58.8. The first-order valence-corrected chi connectivity index (χ1v) is 10.8. The Kier molecular flexibility index (Phi) is 6.40. The first kappa shape index (κ1) is 24.8. The van der Waals surface area contributed by atoms with Gasteiger partial charge in [-0.1, -0.05) is 71.0 Å². The summed E-state index contributed by atoms with van der Waals surface area (Å²) in [5.74, 6) is 0.392. The molecule has 1 nitrogen and oxygen atoms in total. The lowest BCUT2D eigenvalue weighted by Gasteiger charge is -2.55. The van der Waals surface area contributed by atoms with Crippen molar-refractivity contribution in [2.24, 2.45) is 0 Å². The standard InChI is InChI=1S/C28H30F4O/c1-25(2,19-11-15-23(29)16-12-19)27(5,21-7-9-22(10-8-21)28(30,31)32)26(3,4)20-13-17-24(33-6)18-14-20/h7-18H,1-6H3. The molecule has 0 heterocycles. The van der Waals surface area contributed by atoms with E-state index in [0.29, 0.717) is 0 Å². The second kappa shape index (κ2) is 8.51. The quantitative estimate of drug-likeness (QED) is 0.339. The fourth-order valence-corrected chi connectivity index (χ4v) is 4.95. The molecule has 0 amide bonds. The summed E-state index contributed by atoms with van der Waals surface area (Å²) in [6, 6.07) is 19.5. The minimum atomic E-state index is -4.41. The predicted octanol–water partition coefficient (Wildman–Crippen LogP) is 8.07. The maximum absolute atomic E-state index is 13.7. The molecular weight excluding hydrogens is 428 g/mol. The topological polar surface area (TPSA) is 9.23 Å². The normalized spacial score (nSPS) is 14.6. The van der Waals surface area contributed by atoms with Gasteiger partial charge >= 0.3 is 6.18 Å². The molecule has 1 unspecified atom stereocenters. The van der Waals surface area contributed by atoms with Gasteiger partial charge in [-0.25, -0.2) is 4.39 Å². The van der Waals surface area contributed by atoms with Crippen molar-refractivity contribution in [1.29, 1.82) is 0 Å². The second-order valence-corrected chi connectivity index (χ2v) is 9.69. The van der Waals surface area contributed by atoms with E-state index in [1.165, 1.54) is 12.1 Å². The highest BCUT2D eigenvalue weighted by Crippen LogP contribution is 2.55. The molecule has 3 aromatic rings.